The molecule has 112 valence electrons. The molecule has 0 fully saturated rings. The van der Waals surface area contributed by atoms with E-state index in [-0.39, 0.29) is 17.6 Å². The highest BCUT2D eigenvalue weighted by Gasteiger charge is 2.18. The zero-order valence-electron chi connectivity index (χ0n) is 12.6. The van der Waals surface area contributed by atoms with Gasteiger partial charge in [-0.25, -0.2) is 4.98 Å². The van der Waals surface area contributed by atoms with Gasteiger partial charge in [-0.1, -0.05) is 23.2 Å². The molecule has 0 aliphatic carbocycles. The van der Waals surface area contributed by atoms with Gasteiger partial charge >= 0.3 is 0 Å². The quantitative estimate of drug-likeness (QED) is 0.857. The Kier molecular flexibility index (Phi) is 4.21. The second-order valence-corrected chi connectivity index (χ2v) is 6.33. The van der Waals surface area contributed by atoms with E-state index in [1.807, 2.05) is 26.0 Å². The van der Waals surface area contributed by atoms with Gasteiger partial charge in [0.2, 0.25) is 0 Å². The fourth-order valence-electron chi connectivity index (χ4n) is 2.18. The molecule has 1 aromatic carbocycles. The van der Waals surface area contributed by atoms with Crippen LogP contribution in [0.5, 0.6) is 0 Å². The molecule has 0 bridgehead atoms. The summed E-state index contributed by atoms with van der Waals surface area (Å²) in [5.74, 6) is -0.337. The summed E-state index contributed by atoms with van der Waals surface area (Å²) in [7, 11) is 0. The molecular weight excluding hydrogens is 288 g/mol. The van der Waals surface area contributed by atoms with Crippen LogP contribution in [0.25, 0.3) is 10.9 Å². The summed E-state index contributed by atoms with van der Waals surface area (Å²) < 4.78 is 0. The second-order valence-electron chi connectivity index (χ2n) is 5.98. The van der Waals surface area contributed by atoms with Crippen molar-refractivity contribution in [3.05, 3.63) is 40.0 Å². The number of nitrogens with one attached hydrogen (secondary N) is 1. The molecule has 2 N–H and O–H groups in total. The molecule has 0 unspecified atom stereocenters. The molecule has 1 amide bonds. The number of rotatable bonds is 3. The van der Waals surface area contributed by atoms with Crippen LogP contribution in [0.3, 0.4) is 0 Å². The maximum atomic E-state index is 12.2. The van der Waals surface area contributed by atoms with Gasteiger partial charge in [0, 0.05) is 11.9 Å². The summed E-state index contributed by atoms with van der Waals surface area (Å²) in [5.41, 5.74) is 2.27. The van der Waals surface area contributed by atoms with Gasteiger partial charge < -0.3 is 10.4 Å². The summed E-state index contributed by atoms with van der Waals surface area (Å²) in [5, 5.41) is 13.4. The Morgan fingerprint density at radius 2 is 2.00 bits per heavy atom. The van der Waals surface area contributed by atoms with Crippen LogP contribution in [0, 0.1) is 13.8 Å². The lowest BCUT2D eigenvalue weighted by Gasteiger charge is -2.18. The molecule has 0 atom stereocenters. The lowest BCUT2D eigenvalue weighted by Crippen LogP contribution is -2.38. The molecule has 0 aliphatic heterocycles. The van der Waals surface area contributed by atoms with E-state index in [0.29, 0.717) is 5.56 Å². The molecular formula is C16H19ClN2O2. The zero-order chi connectivity index (χ0) is 15.8. The van der Waals surface area contributed by atoms with E-state index < -0.39 is 5.60 Å². The van der Waals surface area contributed by atoms with Gasteiger partial charge in [-0.2, -0.15) is 0 Å². The maximum Gasteiger partial charge on any atom is 0.254 e. The van der Waals surface area contributed by atoms with E-state index in [4.69, 9.17) is 11.6 Å². The van der Waals surface area contributed by atoms with Crippen molar-refractivity contribution in [1.82, 2.24) is 10.3 Å². The fraction of sp³-hybridized carbons (Fsp3) is 0.375. The van der Waals surface area contributed by atoms with Crippen LogP contribution in [0.15, 0.2) is 18.2 Å². The maximum absolute atomic E-state index is 12.2. The van der Waals surface area contributed by atoms with Crippen molar-refractivity contribution in [3.63, 3.8) is 0 Å². The first-order chi connectivity index (χ1) is 9.67. The second kappa shape index (κ2) is 5.62. The number of fused-ring (bicyclic) bond motifs is 1. The molecule has 0 saturated heterocycles. The number of carbonyl (C=O) groups excluding carboxylic acids is 1. The Labute approximate surface area is 129 Å². The van der Waals surface area contributed by atoms with Gasteiger partial charge in [-0.05, 0) is 45.4 Å². The fourth-order valence-corrected chi connectivity index (χ4v) is 2.40. The Balaban J connectivity index is 2.40. The Morgan fingerprint density at radius 1 is 1.33 bits per heavy atom. The number of hydrogen-bond acceptors (Lipinski definition) is 3. The number of halogens is 1. The minimum atomic E-state index is -0.973. The van der Waals surface area contributed by atoms with Gasteiger partial charge in [0.15, 0.2) is 0 Å². The molecule has 2 aromatic rings. The molecule has 21 heavy (non-hydrogen) atoms. The van der Waals surface area contributed by atoms with Crippen molar-refractivity contribution in [2.45, 2.75) is 33.3 Å². The largest absolute Gasteiger partial charge is 0.389 e. The van der Waals surface area contributed by atoms with Gasteiger partial charge in [0.25, 0.3) is 5.91 Å². The van der Waals surface area contributed by atoms with Gasteiger partial charge in [-0.15, -0.1) is 0 Å². The SMILES string of the molecule is Cc1cc(C)c2nc(Cl)c(C(=O)NCC(C)(C)O)cc2c1. The van der Waals surface area contributed by atoms with Crippen LogP contribution in [-0.4, -0.2) is 28.1 Å². The number of nitrogens with zero attached hydrogens (tertiary/aromatic N) is 1. The first-order valence-electron chi connectivity index (χ1n) is 6.75. The van der Waals surface area contributed by atoms with Crippen LogP contribution < -0.4 is 5.32 Å². The van der Waals surface area contributed by atoms with E-state index >= 15 is 0 Å². The van der Waals surface area contributed by atoms with E-state index in [1.54, 1.807) is 19.9 Å². The minimum absolute atomic E-state index is 0.146. The van der Waals surface area contributed by atoms with E-state index in [2.05, 4.69) is 10.3 Å². The number of hydrogen-bond donors (Lipinski definition) is 2. The topological polar surface area (TPSA) is 62.2 Å². The number of aryl methyl sites for hydroxylation is 2. The molecule has 2 rings (SSSR count). The van der Waals surface area contributed by atoms with Crippen LogP contribution in [-0.2, 0) is 0 Å². The van der Waals surface area contributed by atoms with Gasteiger partial charge in [0.05, 0.1) is 16.7 Å². The number of carbonyl (C=O) groups is 1. The molecule has 0 saturated carbocycles. The highest BCUT2D eigenvalue weighted by Crippen LogP contribution is 2.24. The summed E-state index contributed by atoms with van der Waals surface area (Å²) in [6.07, 6.45) is 0. The van der Waals surface area contributed by atoms with E-state index in [1.165, 1.54) is 0 Å². The predicted octanol–water partition coefficient (Wildman–Crippen LogP) is 3.01. The molecule has 1 heterocycles. The molecule has 1 aromatic heterocycles. The van der Waals surface area contributed by atoms with Crippen LogP contribution in [0.2, 0.25) is 5.15 Å². The Bertz CT molecular complexity index is 705. The van der Waals surface area contributed by atoms with E-state index in [9.17, 15) is 9.90 Å². The summed E-state index contributed by atoms with van der Waals surface area (Å²) in [4.78, 5) is 16.5. The van der Waals surface area contributed by atoms with Crippen molar-refractivity contribution in [3.8, 4) is 0 Å². The standard InChI is InChI=1S/C16H19ClN2O2/c1-9-5-10(2)13-11(6-9)7-12(14(17)19-13)15(20)18-8-16(3,4)21/h5-7,21H,8H2,1-4H3,(H,18,20). The zero-order valence-corrected chi connectivity index (χ0v) is 13.4. The smallest absolute Gasteiger partial charge is 0.254 e. The van der Waals surface area contributed by atoms with E-state index in [0.717, 1.165) is 22.0 Å². The first kappa shape index (κ1) is 15.7. The molecule has 0 spiro atoms. The monoisotopic (exact) mass is 306 g/mol. The summed E-state index contributed by atoms with van der Waals surface area (Å²) in [6, 6.07) is 5.74. The van der Waals surface area contributed by atoms with Crippen LogP contribution in [0.1, 0.15) is 35.3 Å². The number of pyridine rings is 1. The summed E-state index contributed by atoms with van der Waals surface area (Å²) in [6.45, 7) is 7.36. The Hall–Kier alpha value is -1.65. The van der Waals surface area contributed by atoms with Crippen molar-refractivity contribution >= 4 is 28.4 Å². The molecule has 0 aliphatic rings. The number of aromatic nitrogens is 1. The van der Waals surface area contributed by atoms with Crippen LogP contribution in [0.4, 0.5) is 0 Å². The highest BCUT2D eigenvalue weighted by molar-refractivity contribution is 6.33. The average molecular weight is 307 g/mol. The lowest BCUT2D eigenvalue weighted by molar-refractivity contribution is 0.0694. The van der Waals surface area contributed by atoms with Gasteiger partial charge in [-0.3, -0.25) is 4.79 Å². The number of benzene rings is 1. The molecule has 4 nitrogen and oxygen atoms in total. The number of amides is 1. The molecule has 0 radical (unpaired) electrons. The normalized spacial score (nSPS) is 11.7. The Morgan fingerprint density at radius 3 is 2.62 bits per heavy atom. The predicted molar refractivity (Wildman–Crippen MR) is 84.9 cm³/mol. The van der Waals surface area contributed by atoms with Crippen LogP contribution >= 0.6 is 11.6 Å². The molecule has 5 heteroatoms. The lowest BCUT2D eigenvalue weighted by atomic mass is 10.0. The highest BCUT2D eigenvalue weighted by atomic mass is 35.5. The van der Waals surface area contributed by atoms with Gasteiger partial charge in [0.1, 0.15) is 5.15 Å². The third-order valence-electron chi connectivity index (χ3n) is 3.13. The van der Waals surface area contributed by atoms with Crippen molar-refractivity contribution in [2.24, 2.45) is 0 Å². The van der Waals surface area contributed by atoms with Crippen molar-refractivity contribution in [2.75, 3.05) is 6.54 Å². The number of aliphatic hydroxyl groups is 1. The first-order valence-corrected chi connectivity index (χ1v) is 7.13. The van der Waals surface area contributed by atoms with Crippen molar-refractivity contribution in [1.29, 1.82) is 0 Å². The third-order valence-corrected chi connectivity index (χ3v) is 3.42. The minimum Gasteiger partial charge on any atom is -0.389 e. The third kappa shape index (κ3) is 3.71. The summed E-state index contributed by atoms with van der Waals surface area (Å²) >= 11 is 6.13. The van der Waals surface area contributed by atoms with Crippen molar-refractivity contribution < 1.29 is 9.90 Å². The average Bonchev–Trinajstić information content (AvgIpc) is 2.35.